The fraction of sp³-hybridized carbons (Fsp3) is 0.545. The number of thiazole rings is 1. The van der Waals surface area contributed by atoms with Gasteiger partial charge in [-0.1, -0.05) is 5.16 Å². The van der Waals surface area contributed by atoms with E-state index >= 15 is 0 Å². The van der Waals surface area contributed by atoms with Crippen molar-refractivity contribution in [1.29, 1.82) is 0 Å². The quantitative estimate of drug-likeness (QED) is 0.804. The molecule has 0 fully saturated rings. The number of ether oxygens (including phenoxy) is 1. The zero-order chi connectivity index (χ0) is 13.0. The van der Waals surface area contributed by atoms with Gasteiger partial charge in [0, 0.05) is 18.4 Å². The van der Waals surface area contributed by atoms with Gasteiger partial charge in [0.15, 0.2) is 5.82 Å². The van der Waals surface area contributed by atoms with Crippen molar-refractivity contribution in [1.82, 2.24) is 15.1 Å². The smallest absolute Gasteiger partial charge is 0.277 e. The number of aromatic nitrogens is 3. The Morgan fingerprint density at radius 1 is 1.50 bits per heavy atom. The third kappa shape index (κ3) is 3.12. The second-order valence-corrected chi connectivity index (χ2v) is 4.71. The molecule has 2 heterocycles. The van der Waals surface area contributed by atoms with Crippen molar-refractivity contribution in [2.45, 2.75) is 26.3 Å². The molecule has 0 saturated carbocycles. The lowest BCUT2D eigenvalue weighted by atomic mass is 10.4. The molecule has 6 nitrogen and oxygen atoms in total. The van der Waals surface area contributed by atoms with Gasteiger partial charge in [-0.3, -0.25) is 0 Å². The van der Waals surface area contributed by atoms with E-state index in [-0.39, 0.29) is 6.04 Å². The van der Waals surface area contributed by atoms with Crippen molar-refractivity contribution in [2.75, 3.05) is 13.2 Å². The van der Waals surface area contributed by atoms with Gasteiger partial charge < -0.3 is 15.0 Å². The molecule has 0 aliphatic rings. The van der Waals surface area contributed by atoms with Crippen molar-refractivity contribution in [3.63, 3.8) is 0 Å². The van der Waals surface area contributed by atoms with E-state index in [1.807, 2.05) is 19.2 Å². The second kappa shape index (κ2) is 6.03. The van der Waals surface area contributed by atoms with E-state index in [1.54, 1.807) is 0 Å². The molecule has 0 aliphatic carbocycles. The standard InChI is InChI=1S/C11H16N4O2S/c1-3-16-5-4-9-14-10(17-15-9)8-6-18-11(13-8)7(2)12/h6-7H,3-5,12H2,1-2H3. The minimum atomic E-state index is -0.0795. The second-order valence-electron chi connectivity index (χ2n) is 3.82. The Balaban J connectivity index is 2.04. The molecule has 0 aromatic carbocycles. The first-order valence-corrected chi connectivity index (χ1v) is 6.70. The maximum Gasteiger partial charge on any atom is 0.277 e. The summed E-state index contributed by atoms with van der Waals surface area (Å²) in [6, 6.07) is -0.0795. The highest BCUT2D eigenvalue weighted by molar-refractivity contribution is 7.10. The maximum atomic E-state index is 5.76. The summed E-state index contributed by atoms with van der Waals surface area (Å²) in [5, 5.41) is 6.62. The van der Waals surface area contributed by atoms with E-state index in [2.05, 4.69) is 15.1 Å². The Labute approximate surface area is 109 Å². The lowest BCUT2D eigenvalue weighted by Crippen LogP contribution is -2.03. The molecule has 0 saturated heterocycles. The van der Waals surface area contributed by atoms with Crippen molar-refractivity contribution >= 4 is 11.3 Å². The molecule has 0 amide bonds. The molecule has 0 aliphatic heterocycles. The zero-order valence-corrected chi connectivity index (χ0v) is 11.2. The molecule has 0 bridgehead atoms. The highest BCUT2D eigenvalue weighted by Gasteiger charge is 2.13. The van der Waals surface area contributed by atoms with Crippen LogP contribution in [-0.2, 0) is 11.2 Å². The first kappa shape index (κ1) is 13.1. The summed E-state index contributed by atoms with van der Waals surface area (Å²) in [4.78, 5) is 8.63. The highest BCUT2D eigenvalue weighted by atomic mass is 32.1. The number of rotatable bonds is 6. The van der Waals surface area contributed by atoms with Crippen LogP contribution in [0.3, 0.4) is 0 Å². The van der Waals surface area contributed by atoms with Gasteiger partial charge >= 0.3 is 0 Å². The molecule has 1 atom stereocenters. The van der Waals surface area contributed by atoms with Crippen LogP contribution in [0.5, 0.6) is 0 Å². The van der Waals surface area contributed by atoms with Crippen LogP contribution in [0.1, 0.15) is 30.7 Å². The maximum absolute atomic E-state index is 5.76. The summed E-state index contributed by atoms with van der Waals surface area (Å²) in [6.07, 6.45) is 0.641. The first-order chi connectivity index (χ1) is 8.70. The van der Waals surface area contributed by atoms with Crippen LogP contribution in [0.15, 0.2) is 9.90 Å². The minimum Gasteiger partial charge on any atom is -0.381 e. The fourth-order valence-corrected chi connectivity index (χ4v) is 2.11. The van der Waals surface area contributed by atoms with Crippen LogP contribution < -0.4 is 5.73 Å². The lowest BCUT2D eigenvalue weighted by Gasteiger charge is -1.96. The van der Waals surface area contributed by atoms with Gasteiger partial charge in [0.05, 0.1) is 12.6 Å². The third-order valence-corrected chi connectivity index (χ3v) is 3.32. The molecular weight excluding hydrogens is 252 g/mol. The number of nitrogens with zero attached hydrogens (tertiary/aromatic N) is 3. The summed E-state index contributed by atoms with van der Waals surface area (Å²) in [6.45, 7) is 5.13. The van der Waals surface area contributed by atoms with Crippen molar-refractivity contribution in [3.05, 3.63) is 16.2 Å². The van der Waals surface area contributed by atoms with Crippen LogP contribution in [-0.4, -0.2) is 28.3 Å². The zero-order valence-electron chi connectivity index (χ0n) is 10.4. The van der Waals surface area contributed by atoms with E-state index in [1.165, 1.54) is 11.3 Å². The molecule has 0 radical (unpaired) electrons. The van der Waals surface area contributed by atoms with Crippen molar-refractivity contribution in [3.8, 4) is 11.6 Å². The number of nitrogens with two attached hydrogens (primary N) is 1. The molecule has 7 heteroatoms. The Morgan fingerprint density at radius 2 is 2.33 bits per heavy atom. The molecule has 2 N–H and O–H groups in total. The van der Waals surface area contributed by atoms with Crippen LogP contribution >= 0.6 is 11.3 Å². The van der Waals surface area contributed by atoms with Gasteiger partial charge in [-0.05, 0) is 13.8 Å². The molecule has 18 heavy (non-hydrogen) atoms. The Kier molecular flexibility index (Phi) is 4.40. The summed E-state index contributed by atoms with van der Waals surface area (Å²) in [5.74, 6) is 1.07. The first-order valence-electron chi connectivity index (χ1n) is 5.82. The monoisotopic (exact) mass is 268 g/mol. The van der Waals surface area contributed by atoms with E-state index in [4.69, 9.17) is 15.0 Å². The molecule has 2 aromatic rings. The van der Waals surface area contributed by atoms with Gasteiger partial charge in [0.2, 0.25) is 0 Å². The molecule has 0 spiro atoms. The Morgan fingerprint density at radius 3 is 3.00 bits per heavy atom. The molecule has 98 valence electrons. The highest BCUT2D eigenvalue weighted by Crippen LogP contribution is 2.23. The molecular formula is C11H16N4O2S. The summed E-state index contributed by atoms with van der Waals surface area (Å²) in [5.41, 5.74) is 6.44. The topological polar surface area (TPSA) is 87.1 Å². The number of hydrogen-bond acceptors (Lipinski definition) is 7. The van der Waals surface area contributed by atoms with Crippen LogP contribution in [0, 0.1) is 0 Å². The predicted molar refractivity (Wildman–Crippen MR) is 68.2 cm³/mol. The van der Waals surface area contributed by atoms with Crippen molar-refractivity contribution in [2.24, 2.45) is 5.73 Å². The summed E-state index contributed by atoms with van der Waals surface area (Å²) >= 11 is 1.49. The Hall–Kier alpha value is -1.31. The van der Waals surface area contributed by atoms with E-state index in [0.717, 1.165) is 5.01 Å². The summed E-state index contributed by atoms with van der Waals surface area (Å²) < 4.78 is 10.4. The average Bonchev–Trinajstić information content (AvgIpc) is 2.97. The Bertz CT molecular complexity index is 495. The predicted octanol–water partition coefficient (Wildman–Crippen LogP) is 1.79. The van der Waals surface area contributed by atoms with Gasteiger partial charge in [-0.25, -0.2) is 4.98 Å². The summed E-state index contributed by atoms with van der Waals surface area (Å²) in [7, 11) is 0. The fourth-order valence-electron chi connectivity index (χ4n) is 1.36. The van der Waals surface area contributed by atoms with Gasteiger partial charge in [0.25, 0.3) is 5.89 Å². The van der Waals surface area contributed by atoms with Crippen LogP contribution in [0.2, 0.25) is 0 Å². The molecule has 1 unspecified atom stereocenters. The molecule has 2 rings (SSSR count). The van der Waals surface area contributed by atoms with Gasteiger partial charge in [0.1, 0.15) is 10.7 Å². The number of hydrogen-bond donors (Lipinski definition) is 1. The normalized spacial score (nSPS) is 12.8. The SMILES string of the molecule is CCOCCc1noc(-c2csc(C(C)N)n2)n1. The van der Waals surface area contributed by atoms with Gasteiger partial charge in [-0.2, -0.15) is 4.98 Å². The molecule has 2 aromatic heterocycles. The van der Waals surface area contributed by atoms with E-state index in [9.17, 15) is 0 Å². The van der Waals surface area contributed by atoms with Crippen molar-refractivity contribution < 1.29 is 9.26 Å². The minimum absolute atomic E-state index is 0.0795. The lowest BCUT2D eigenvalue weighted by molar-refractivity contribution is 0.149. The van der Waals surface area contributed by atoms with Crippen LogP contribution in [0.25, 0.3) is 11.6 Å². The van der Waals surface area contributed by atoms with E-state index < -0.39 is 0 Å². The largest absolute Gasteiger partial charge is 0.381 e. The average molecular weight is 268 g/mol. The van der Waals surface area contributed by atoms with E-state index in [0.29, 0.717) is 37.0 Å². The third-order valence-electron chi connectivity index (χ3n) is 2.27. The van der Waals surface area contributed by atoms with Gasteiger partial charge in [-0.15, -0.1) is 11.3 Å². The van der Waals surface area contributed by atoms with Crippen LogP contribution in [0.4, 0.5) is 0 Å².